The highest BCUT2D eigenvalue weighted by molar-refractivity contribution is 14.0. The Labute approximate surface area is 170 Å². The third-order valence-corrected chi connectivity index (χ3v) is 4.70. The summed E-state index contributed by atoms with van der Waals surface area (Å²) in [4.78, 5) is 9.29. The molecule has 1 aliphatic rings. The zero-order valence-corrected chi connectivity index (χ0v) is 18.2. The van der Waals surface area contributed by atoms with Crippen LogP contribution in [-0.2, 0) is 0 Å². The van der Waals surface area contributed by atoms with Gasteiger partial charge in [-0.05, 0) is 38.0 Å². The molecule has 1 aliphatic heterocycles. The van der Waals surface area contributed by atoms with Gasteiger partial charge in [-0.2, -0.15) is 0 Å². The molecular formula is C19H34IN5. The second-order valence-electron chi connectivity index (χ2n) is 6.69. The van der Waals surface area contributed by atoms with Crippen molar-refractivity contribution in [2.45, 2.75) is 19.3 Å². The molecule has 2 rings (SSSR count). The van der Waals surface area contributed by atoms with Crippen molar-refractivity contribution < 1.29 is 0 Å². The Bertz CT molecular complexity index is 494. The van der Waals surface area contributed by atoms with Crippen molar-refractivity contribution in [3.8, 4) is 0 Å². The van der Waals surface area contributed by atoms with Crippen molar-refractivity contribution in [2.75, 3.05) is 59.9 Å². The molecule has 25 heavy (non-hydrogen) atoms. The van der Waals surface area contributed by atoms with Crippen LogP contribution in [0.15, 0.2) is 35.3 Å². The molecule has 1 unspecified atom stereocenters. The maximum absolute atomic E-state index is 4.33. The molecule has 1 heterocycles. The molecule has 1 aromatic rings. The average Bonchev–Trinajstić information content (AvgIpc) is 2.82. The molecule has 6 heteroatoms. The molecule has 1 aromatic carbocycles. The number of nitrogens with one attached hydrogen (secondary N) is 2. The van der Waals surface area contributed by atoms with Gasteiger partial charge in [-0.1, -0.05) is 37.3 Å². The maximum Gasteiger partial charge on any atom is 0.191 e. The monoisotopic (exact) mass is 459 g/mol. The molecule has 5 nitrogen and oxygen atoms in total. The SMILES string of the molecule is CN=C(NCCN1CCCN(C)CC1)NCC(C)c1ccccc1.I. The predicted molar refractivity (Wildman–Crippen MR) is 118 cm³/mol. The maximum atomic E-state index is 4.33. The molecule has 0 aliphatic carbocycles. The number of guanidine groups is 1. The van der Waals surface area contributed by atoms with Gasteiger partial charge in [0.2, 0.25) is 0 Å². The number of likely N-dealkylation sites (N-methyl/N-ethyl adjacent to an activating group) is 1. The minimum atomic E-state index is 0. The largest absolute Gasteiger partial charge is 0.356 e. The molecule has 142 valence electrons. The quantitative estimate of drug-likeness (QED) is 0.389. The molecule has 1 saturated heterocycles. The fraction of sp³-hybridized carbons (Fsp3) is 0.632. The van der Waals surface area contributed by atoms with E-state index in [-0.39, 0.29) is 24.0 Å². The lowest BCUT2D eigenvalue weighted by molar-refractivity contribution is 0.280. The minimum Gasteiger partial charge on any atom is -0.356 e. The van der Waals surface area contributed by atoms with Crippen LogP contribution in [-0.4, -0.2) is 75.7 Å². The Morgan fingerprint density at radius 2 is 1.88 bits per heavy atom. The van der Waals surface area contributed by atoms with Crippen LogP contribution in [0.3, 0.4) is 0 Å². The second-order valence-corrected chi connectivity index (χ2v) is 6.69. The molecule has 0 saturated carbocycles. The third-order valence-electron chi connectivity index (χ3n) is 4.70. The summed E-state index contributed by atoms with van der Waals surface area (Å²) in [6, 6.07) is 10.6. The highest BCUT2D eigenvalue weighted by Gasteiger charge is 2.11. The first-order valence-electron chi connectivity index (χ1n) is 9.09. The van der Waals surface area contributed by atoms with Crippen LogP contribution >= 0.6 is 24.0 Å². The van der Waals surface area contributed by atoms with Gasteiger partial charge in [-0.25, -0.2) is 0 Å². The van der Waals surface area contributed by atoms with Gasteiger partial charge >= 0.3 is 0 Å². The van der Waals surface area contributed by atoms with E-state index in [2.05, 4.69) is 69.7 Å². The van der Waals surface area contributed by atoms with E-state index in [0.29, 0.717) is 5.92 Å². The summed E-state index contributed by atoms with van der Waals surface area (Å²) in [5, 5.41) is 6.88. The van der Waals surface area contributed by atoms with Crippen LogP contribution in [0.25, 0.3) is 0 Å². The number of halogens is 1. The summed E-state index contributed by atoms with van der Waals surface area (Å²) in [6.07, 6.45) is 1.26. The van der Waals surface area contributed by atoms with Crippen molar-refractivity contribution >= 4 is 29.9 Å². The van der Waals surface area contributed by atoms with E-state index < -0.39 is 0 Å². The van der Waals surface area contributed by atoms with Crippen LogP contribution in [0, 0.1) is 0 Å². The first kappa shape index (κ1) is 22.2. The molecule has 0 aromatic heterocycles. The summed E-state index contributed by atoms with van der Waals surface area (Å²) in [7, 11) is 4.05. The van der Waals surface area contributed by atoms with E-state index in [4.69, 9.17) is 0 Å². The second kappa shape index (κ2) is 12.5. The Morgan fingerprint density at radius 3 is 2.60 bits per heavy atom. The van der Waals surface area contributed by atoms with Crippen LogP contribution in [0.1, 0.15) is 24.8 Å². The summed E-state index contributed by atoms with van der Waals surface area (Å²) in [5.41, 5.74) is 1.36. The zero-order chi connectivity index (χ0) is 17.2. The van der Waals surface area contributed by atoms with Gasteiger partial charge in [0.1, 0.15) is 0 Å². The van der Waals surface area contributed by atoms with Crippen molar-refractivity contribution in [3.05, 3.63) is 35.9 Å². The average molecular weight is 459 g/mol. The van der Waals surface area contributed by atoms with E-state index in [1.54, 1.807) is 0 Å². The van der Waals surface area contributed by atoms with Crippen molar-refractivity contribution in [2.24, 2.45) is 4.99 Å². The lowest BCUT2D eigenvalue weighted by atomic mass is 10.0. The van der Waals surface area contributed by atoms with E-state index in [1.807, 2.05) is 7.05 Å². The van der Waals surface area contributed by atoms with Crippen LogP contribution in [0.4, 0.5) is 0 Å². The predicted octanol–water partition coefficient (Wildman–Crippen LogP) is 2.21. The summed E-state index contributed by atoms with van der Waals surface area (Å²) < 4.78 is 0. The Morgan fingerprint density at radius 1 is 1.12 bits per heavy atom. The topological polar surface area (TPSA) is 42.9 Å². The van der Waals surface area contributed by atoms with Crippen LogP contribution in [0.5, 0.6) is 0 Å². The van der Waals surface area contributed by atoms with Crippen molar-refractivity contribution in [3.63, 3.8) is 0 Å². The van der Waals surface area contributed by atoms with Crippen molar-refractivity contribution in [1.82, 2.24) is 20.4 Å². The number of benzene rings is 1. The van der Waals surface area contributed by atoms with Crippen molar-refractivity contribution in [1.29, 1.82) is 0 Å². The van der Waals surface area contributed by atoms with Crippen LogP contribution in [0.2, 0.25) is 0 Å². The first-order valence-corrected chi connectivity index (χ1v) is 9.09. The third kappa shape index (κ3) is 8.37. The standard InChI is InChI=1S/C19H33N5.HI/c1-17(18-8-5-4-6-9-18)16-22-19(20-2)21-10-13-24-12-7-11-23(3)14-15-24;/h4-6,8-9,17H,7,10-16H2,1-3H3,(H2,20,21,22);1H. The van der Waals surface area contributed by atoms with Gasteiger partial charge in [-0.15, -0.1) is 24.0 Å². The summed E-state index contributed by atoms with van der Waals surface area (Å²) >= 11 is 0. The lowest BCUT2D eigenvalue weighted by Crippen LogP contribution is -2.43. The summed E-state index contributed by atoms with van der Waals surface area (Å²) in [5.74, 6) is 1.36. The van der Waals surface area contributed by atoms with Crippen LogP contribution < -0.4 is 10.6 Å². The smallest absolute Gasteiger partial charge is 0.191 e. The Hall–Kier alpha value is -0.860. The number of rotatable bonds is 6. The van der Waals surface area contributed by atoms with Gasteiger partial charge in [0.25, 0.3) is 0 Å². The first-order chi connectivity index (χ1) is 11.7. The van der Waals surface area contributed by atoms with Gasteiger partial charge in [-0.3, -0.25) is 4.99 Å². The van der Waals surface area contributed by atoms with E-state index in [1.165, 1.54) is 31.6 Å². The highest BCUT2D eigenvalue weighted by atomic mass is 127. The molecule has 0 bridgehead atoms. The zero-order valence-electron chi connectivity index (χ0n) is 15.9. The fourth-order valence-electron chi connectivity index (χ4n) is 3.03. The number of aliphatic imine (C=N–C) groups is 1. The van der Waals surface area contributed by atoms with Gasteiger partial charge in [0, 0.05) is 39.8 Å². The normalized spacial score (nSPS) is 18.1. The molecule has 1 atom stereocenters. The highest BCUT2D eigenvalue weighted by Crippen LogP contribution is 2.12. The van der Waals surface area contributed by atoms with Gasteiger partial charge in [0.15, 0.2) is 5.96 Å². The van der Waals surface area contributed by atoms with E-state index >= 15 is 0 Å². The molecular weight excluding hydrogens is 425 g/mol. The van der Waals surface area contributed by atoms with E-state index in [0.717, 1.165) is 32.1 Å². The fourth-order valence-corrected chi connectivity index (χ4v) is 3.03. The summed E-state index contributed by atoms with van der Waals surface area (Å²) in [6.45, 7) is 9.87. The molecule has 0 spiro atoms. The minimum absolute atomic E-state index is 0. The molecule has 1 fully saturated rings. The number of hydrogen-bond acceptors (Lipinski definition) is 3. The van der Waals surface area contributed by atoms with Gasteiger partial charge in [0.05, 0.1) is 0 Å². The molecule has 0 amide bonds. The molecule has 2 N–H and O–H groups in total. The lowest BCUT2D eigenvalue weighted by Gasteiger charge is -2.21. The van der Waals surface area contributed by atoms with Gasteiger partial charge < -0.3 is 20.4 Å². The van der Waals surface area contributed by atoms with E-state index in [9.17, 15) is 0 Å². The Balaban J connectivity index is 0.00000312. The Kier molecular flexibility index (Phi) is 11.1. The number of nitrogens with zero attached hydrogens (tertiary/aromatic N) is 3. The number of hydrogen-bond donors (Lipinski definition) is 2. The molecule has 0 radical (unpaired) electrons.